The van der Waals surface area contributed by atoms with Crippen LogP contribution in [0.25, 0.3) is 33.8 Å². The molecule has 6 aromatic carbocycles. The number of nitrogens with zero attached hydrogens (tertiary/aromatic N) is 6. The number of carbonyl (C=O) groups excluding carboxylic acids is 3. The predicted molar refractivity (Wildman–Crippen MR) is 302 cm³/mol. The van der Waals surface area contributed by atoms with Crippen molar-refractivity contribution in [3.8, 4) is 33.8 Å². The van der Waals surface area contributed by atoms with Crippen LogP contribution in [0.15, 0.2) is 140 Å². The molecule has 3 aliphatic rings. The molecule has 0 atom stereocenters. The van der Waals surface area contributed by atoms with Gasteiger partial charge in [-0.1, -0.05) is 65.7 Å². The zero-order valence-electron chi connectivity index (χ0n) is 44.0. The van der Waals surface area contributed by atoms with Gasteiger partial charge in [0, 0.05) is 47.9 Å². The zero-order chi connectivity index (χ0) is 58.7. The molecule has 3 aliphatic carbocycles. The van der Waals surface area contributed by atoms with Crippen molar-refractivity contribution in [2.75, 3.05) is 16.0 Å². The van der Waals surface area contributed by atoms with Crippen molar-refractivity contribution in [2.45, 2.75) is 70.6 Å². The number of fused-ring (bicyclic) bond motifs is 3. The van der Waals surface area contributed by atoms with Crippen LogP contribution in [-0.4, -0.2) is 59.5 Å². The summed E-state index contributed by atoms with van der Waals surface area (Å²) in [5.74, 6) is -7.84. The molecule has 0 aliphatic heterocycles. The third-order valence-electron chi connectivity index (χ3n) is 14.1. The molecule has 3 amide bonds. The lowest BCUT2D eigenvalue weighted by Crippen LogP contribution is -2.14. The third kappa shape index (κ3) is 13.1. The summed E-state index contributed by atoms with van der Waals surface area (Å²) in [6, 6.07) is 26.8. The summed E-state index contributed by atoms with van der Waals surface area (Å²) in [6.07, 6.45) is 9.77. The summed E-state index contributed by atoms with van der Waals surface area (Å²) in [4.78, 5) is 61.9. The van der Waals surface area contributed by atoms with Crippen molar-refractivity contribution < 1.29 is 45.1 Å². The van der Waals surface area contributed by atoms with Gasteiger partial charge in [-0.3, -0.25) is 29.3 Å². The van der Waals surface area contributed by atoms with Gasteiger partial charge in [-0.15, -0.1) is 0 Å². The van der Waals surface area contributed by atoms with E-state index in [1.54, 1.807) is 49.4 Å². The van der Waals surface area contributed by atoms with Crippen LogP contribution in [-0.2, 0) is 38.5 Å². The molecule has 3 heterocycles. The highest BCUT2D eigenvalue weighted by Crippen LogP contribution is 2.41. The third-order valence-corrected chi connectivity index (χ3v) is 14.7. The van der Waals surface area contributed by atoms with Gasteiger partial charge < -0.3 is 16.0 Å². The van der Waals surface area contributed by atoms with Crippen molar-refractivity contribution in [1.29, 1.82) is 0 Å². The summed E-state index contributed by atoms with van der Waals surface area (Å²) >= 11 is 12.5. The van der Waals surface area contributed by atoms with Crippen molar-refractivity contribution in [3.05, 3.63) is 229 Å². The first-order valence-corrected chi connectivity index (χ1v) is 26.6. The predicted octanol–water partition coefficient (Wildman–Crippen LogP) is 14.5. The first-order chi connectivity index (χ1) is 39.7. The van der Waals surface area contributed by atoms with Crippen LogP contribution in [0.1, 0.15) is 82.0 Å². The Hall–Kier alpha value is -8.94. The number of hydrogen-bond donors (Lipinski definition) is 3. The summed E-state index contributed by atoms with van der Waals surface area (Å²) in [5.41, 5.74) is 8.89. The molecule has 21 heteroatoms. The molecule has 3 N–H and O–H groups in total. The second-order valence-electron chi connectivity index (χ2n) is 20.0. The lowest BCUT2D eigenvalue weighted by Gasteiger charge is -2.11. The number of alkyl halides is 4. The Morgan fingerprint density at radius 1 is 0.458 bits per heavy atom. The Labute approximate surface area is 480 Å². The van der Waals surface area contributed by atoms with Crippen molar-refractivity contribution in [1.82, 2.24) is 29.9 Å². The first-order valence-electron chi connectivity index (χ1n) is 25.8. The topological polar surface area (TPSA) is 165 Å². The van der Waals surface area contributed by atoms with Crippen molar-refractivity contribution in [2.24, 2.45) is 0 Å². The fourth-order valence-corrected chi connectivity index (χ4v) is 10.5. The second kappa shape index (κ2) is 23.9. The minimum absolute atomic E-state index is 0.0695. The number of aryl methyl sites for hydroxylation is 2. The number of carbonyl (C=O) groups is 3. The minimum Gasteiger partial charge on any atom is -0.305 e. The Morgan fingerprint density at radius 3 is 1.24 bits per heavy atom. The van der Waals surface area contributed by atoms with Gasteiger partial charge in [0.2, 0.25) is 0 Å². The molecule has 0 saturated heterocycles. The number of nitrogens with one attached hydrogen (secondary N) is 3. The number of hydrogen-bond acceptors (Lipinski definition) is 9. The molecule has 0 fully saturated rings. The second-order valence-corrected chi connectivity index (χ2v) is 20.8. The molecule has 83 heavy (non-hydrogen) atoms. The Kier molecular flexibility index (Phi) is 16.5. The number of halogens is 9. The van der Waals surface area contributed by atoms with E-state index in [2.05, 4.69) is 45.9 Å². The van der Waals surface area contributed by atoms with Gasteiger partial charge in [0.05, 0.1) is 75.4 Å². The van der Waals surface area contributed by atoms with E-state index < -0.39 is 35.3 Å². The van der Waals surface area contributed by atoms with Gasteiger partial charge in [0.25, 0.3) is 29.6 Å². The van der Waals surface area contributed by atoms with Gasteiger partial charge in [-0.05, 0) is 138 Å². The molecule has 12 nitrogen and oxygen atoms in total. The molecule has 0 radical (unpaired) electrons. The Balaban J connectivity index is 0.000000139. The average Bonchev–Trinajstić information content (AvgIpc) is 4.21. The van der Waals surface area contributed by atoms with Crippen LogP contribution in [0.4, 0.5) is 48.2 Å². The number of rotatable bonds is 9. The van der Waals surface area contributed by atoms with Gasteiger partial charge in [-0.2, -0.15) is 0 Å². The van der Waals surface area contributed by atoms with Crippen LogP contribution < -0.4 is 16.0 Å². The molecule has 3 aromatic heterocycles. The first kappa shape index (κ1) is 57.3. The average molecular weight is 1170 g/mol. The molecule has 0 saturated carbocycles. The van der Waals surface area contributed by atoms with E-state index in [0.29, 0.717) is 83.0 Å². The number of anilines is 3. The lowest BCUT2D eigenvalue weighted by molar-refractivity contribution is 0.0123. The van der Waals surface area contributed by atoms with E-state index in [0.717, 1.165) is 36.0 Å². The van der Waals surface area contributed by atoms with Gasteiger partial charge in [0.15, 0.2) is 17.5 Å². The van der Waals surface area contributed by atoms with Gasteiger partial charge >= 0.3 is 0 Å². The Morgan fingerprint density at radius 2 is 0.831 bits per heavy atom. The van der Waals surface area contributed by atoms with Crippen LogP contribution >= 0.6 is 23.2 Å². The maximum atomic E-state index is 14.6. The molecule has 9 aromatic rings. The van der Waals surface area contributed by atoms with Gasteiger partial charge in [-0.25, -0.2) is 45.7 Å². The highest BCUT2D eigenvalue weighted by molar-refractivity contribution is 6.33. The van der Waals surface area contributed by atoms with Crippen molar-refractivity contribution in [3.63, 3.8) is 0 Å². The molecular formula is C62H46Cl2F7N9O3. The number of benzene rings is 6. The molecule has 0 spiro atoms. The highest BCUT2D eigenvalue weighted by atomic mass is 35.5. The normalized spacial score (nSPS) is 14.0. The van der Waals surface area contributed by atoms with E-state index in [1.807, 2.05) is 25.1 Å². The minimum atomic E-state index is -2.77. The monoisotopic (exact) mass is 1170 g/mol. The quantitative estimate of drug-likeness (QED) is 0.119. The summed E-state index contributed by atoms with van der Waals surface area (Å²) in [7, 11) is 0. The van der Waals surface area contributed by atoms with Crippen molar-refractivity contribution >= 4 is 58.4 Å². The standard InChI is InChI=1S/C21H16ClF2N3O.C21H17F2N3O.C20H13ClF3N3O/c1-12-4-2-3-5-15(12)20(28)27-19-11-25-18(10-26-19)16-6-13-8-21(23,24)9-14(13)7-17(16)22;1-12-16(9-13-5-4-7-14(13)20(12)23)18-10-25-19(11-24-18)26-21(27)15-6-2-3-8-17(15)22;21-15-6-12-8-20(23,24)7-11(12)5-14(15)17-9-26-18(10-25-17)27-19(28)13-3-1-2-4-16(13)22/h2-7,10-11H,8-9H2,1H3,(H,26,27,28);2-3,6,8-11H,4-5,7H2,1H3,(H,25,26,27);1-6,9-10H,7-8H2,(H,26,27,28). The van der Waals surface area contributed by atoms with Crippen LogP contribution in [0.5, 0.6) is 0 Å². The summed E-state index contributed by atoms with van der Waals surface area (Å²) in [6.45, 7) is 3.59. The number of amides is 3. The van der Waals surface area contributed by atoms with E-state index >= 15 is 0 Å². The largest absolute Gasteiger partial charge is 0.305 e. The molecule has 12 rings (SSSR count). The molecule has 420 valence electrons. The van der Waals surface area contributed by atoms with E-state index in [1.165, 1.54) is 79.6 Å². The lowest BCUT2D eigenvalue weighted by atomic mass is 9.98. The van der Waals surface area contributed by atoms with E-state index in [4.69, 9.17) is 23.2 Å². The van der Waals surface area contributed by atoms with Crippen LogP contribution in [0, 0.1) is 31.3 Å². The number of aromatic nitrogens is 6. The molecule has 0 unspecified atom stereocenters. The molecular weight excluding hydrogens is 1120 g/mol. The zero-order valence-corrected chi connectivity index (χ0v) is 45.6. The van der Waals surface area contributed by atoms with Crippen LogP contribution in [0.3, 0.4) is 0 Å². The van der Waals surface area contributed by atoms with Gasteiger partial charge in [0.1, 0.15) is 17.5 Å². The SMILES string of the molecule is Cc1c(-c2cnc(NC(=O)c3ccccc3F)cn2)cc2c(c1F)CCC2.Cc1ccccc1C(=O)Nc1cnc(-c2cc3c(cc2Cl)CC(F)(F)C3)cn1.O=C(Nc1cnc(-c2cc3c(cc2Cl)CC(F)(F)C3)cn1)c1ccccc1F. The fraction of sp³-hybridized carbons (Fsp3) is 0.177. The smallest absolute Gasteiger partial charge is 0.259 e. The summed E-state index contributed by atoms with van der Waals surface area (Å²) in [5, 5.41) is 8.33. The Bertz CT molecular complexity index is 3810. The maximum absolute atomic E-state index is 14.6. The van der Waals surface area contributed by atoms with Crippen LogP contribution in [0.2, 0.25) is 10.0 Å². The molecule has 0 bridgehead atoms. The maximum Gasteiger partial charge on any atom is 0.259 e. The highest BCUT2D eigenvalue weighted by Gasteiger charge is 2.39. The van der Waals surface area contributed by atoms with E-state index in [-0.39, 0.29) is 60.2 Å². The fourth-order valence-electron chi connectivity index (χ4n) is 9.94. The summed E-state index contributed by atoms with van der Waals surface area (Å²) < 4.78 is 96.4. The van der Waals surface area contributed by atoms with E-state index in [9.17, 15) is 45.1 Å².